The van der Waals surface area contributed by atoms with Crippen LogP contribution in [0.15, 0.2) is 28.7 Å². The van der Waals surface area contributed by atoms with Gasteiger partial charge in [-0.05, 0) is 6.07 Å². The van der Waals surface area contributed by atoms with Gasteiger partial charge in [0.1, 0.15) is 5.75 Å². The molecule has 0 radical (unpaired) electrons. The van der Waals surface area contributed by atoms with Crippen molar-refractivity contribution in [1.82, 2.24) is 10.2 Å². The van der Waals surface area contributed by atoms with Crippen LogP contribution in [0, 0.1) is 0 Å². The van der Waals surface area contributed by atoms with E-state index in [9.17, 15) is 4.79 Å². The van der Waals surface area contributed by atoms with Crippen molar-refractivity contribution in [3.63, 3.8) is 0 Å². The van der Waals surface area contributed by atoms with Gasteiger partial charge in [-0.1, -0.05) is 18.2 Å². The minimum atomic E-state index is -0.733. The fraction of sp³-hybridized carbons (Fsp3) is 0.182. The molecule has 0 aliphatic heterocycles. The molecule has 0 fully saturated rings. The molecule has 1 aromatic heterocycles. The maximum Gasteiger partial charge on any atom is 0.306 e. The molecule has 2 N–H and O–H groups in total. The first-order valence-corrected chi connectivity index (χ1v) is 4.95. The van der Waals surface area contributed by atoms with E-state index in [0.717, 1.165) is 11.3 Å². The number of benzene rings is 1. The predicted molar refractivity (Wildman–Crippen MR) is 58.6 cm³/mol. The van der Waals surface area contributed by atoms with Gasteiger partial charge in [0.05, 0.1) is 13.5 Å². The summed E-state index contributed by atoms with van der Waals surface area (Å²) >= 11 is 0. The number of carbonyl (C=O) groups excluding carboxylic acids is 1. The first-order chi connectivity index (χ1) is 8.20. The number of nitrogens with two attached hydrogens (primary N) is 1. The summed E-state index contributed by atoms with van der Waals surface area (Å²) in [6.07, 6.45) is 0.393. The van der Waals surface area contributed by atoms with Crippen LogP contribution in [0.2, 0.25) is 0 Å². The number of rotatable bonds is 4. The van der Waals surface area contributed by atoms with Crippen LogP contribution >= 0.6 is 0 Å². The zero-order valence-electron chi connectivity index (χ0n) is 9.21. The van der Waals surface area contributed by atoms with Crippen LogP contribution in [0.4, 0.5) is 0 Å². The van der Waals surface area contributed by atoms with E-state index in [4.69, 9.17) is 14.9 Å². The number of ether oxygens (including phenoxy) is 1. The minimum absolute atomic E-state index is 0.185. The Labute approximate surface area is 97.4 Å². The van der Waals surface area contributed by atoms with Crippen molar-refractivity contribution in [3.05, 3.63) is 41.6 Å². The van der Waals surface area contributed by atoms with Gasteiger partial charge in [0.15, 0.2) is 0 Å². The van der Waals surface area contributed by atoms with Crippen LogP contribution in [-0.2, 0) is 6.42 Å². The molecule has 0 saturated carbocycles. The average molecular weight is 233 g/mol. The molecule has 0 aliphatic rings. The van der Waals surface area contributed by atoms with Gasteiger partial charge in [0.25, 0.3) is 0 Å². The van der Waals surface area contributed by atoms with Crippen molar-refractivity contribution in [2.75, 3.05) is 7.11 Å². The Morgan fingerprint density at radius 3 is 2.82 bits per heavy atom. The smallest absolute Gasteiger partial charge is 0.306 e. The van der Waals surface area contributed by atoms with Crippen LogP contribution in [0.3, 0.4) is 0 Å². The average Bonchev–Trinajstić information content (AvgIpc) is 2.78. The largest absolute Gasteiger partial charge is 0.496 e. The highest BCUT2D eigenvalue weighted by molar-refractivity contribution is 5.87. The lowest BCUT2D eigenvalue weighted by Crippen LogP contribution is -2.11. The molecular weight excluding hydrogens is 222 g/mol. The van der Waals surface area contributed by atoms with Gasteiger partial charge in [-0.2, -0.15) is 0 Å². The standard InChI is InChI=1S/C11H11N3O3/c1-16-8-5-3-2-4-7(8)6-9-13-14-11(17-9)10(12)15/h2-5H,6H2,1H3,(H2,12,15). The summed E-state index contributed by atoms with van der Waals surface area (Å²) in [5.41, 5.74) is 5.91. The highest BCUT2D eigenvalue weighted by atomic mass is 16.5. The second-order valence-corrected chi connectivity index (χ2v) is 3.35. The van der Waals surface area contributed by atoms with E-state index in [2.05, 4.69) is 10.2 Å². The molecule has 2 aromatic rings. The third-order valence-electron chi connectivity index (χ3n) is 2.21. The molecule has 6 heteroatoms. The fourth-order valence-electron chi connectivity index (χ4n) is 1.44. The Bertz CT molecular complexity index is 536. The Balaban J connectivity index is 2.22. The number of primary amides is 1. The first-order valence-electron chi connectivity index (χ1n) is 4.95. The van der Waals surface area contributed by atoms with E-state index < -0.39 is 5.91 Å². The second-order valence-electron chi connectivity index (χ2n) is 3.35. The van der Waals surface area contributed by atoms with Gasteiger partial charge in [0.2, 0.25) is 5.89 Å². The van der Waals surface area contributed by atoms with Gasteiger partial charge in [-0.25, -0.2) is 0 Å². The summed E-state index contributed by atoms with van der Waals surface area (Å²) in [5.74, 6) is 0.133. The van der Waals surface area contributed by atoms with E-state index in [1.807, 2.05) is 24.3 Å². The lowest BCUT2D eigenvalue weighted by atomic mass is 10.1. The normalized spacial score (nSPS) is 10.2. The number of nitrogens with zero attached hydrogens (tertiary/aromatic N) is 2. The fourth-order valence-corrected chi connectivity index (χ4v) is 1.44. The SMILES string of the molecule is COc1ccccc1Cc1nnc(C(N)=O)o1. The Hall–Kier alpha value is -2.37. The van der Waals surface area contributed by atoms with Gasteiger partial charge >= 0.3 is 11.8 Å². The molecule has 6 nitrogen and oxygen atoms in total. The first kappa shape index (κ1) is 11.1. The number of hydrogen-bond donors (Lipinski definition) is 1. The molecule has 88 valence electrons. The minimum Gasteiger partial charge on any atom is -0.496 e. The molecule has 1 amide bonds. The van der Waals surface area contributed by atoms with Crippen LogP contribution in [-0.4, -0.2) is 23.2 Å². The van der Waals surface area contributed by atoms with Crippen molar-refractivity contribution in [3.8, 4) is 5.75 Å². The van der Waals surface area contributed by atoms with Crippen LogP contribution in [0.1, 0.15) is 22.1 Å². The quantitative estimate of drug-likeness (QED) is 0.842. The molecule has 17 heavy (non-hydrogen) atoms. The molecule has 0 spiro atoms. The number of amides is 1. The van der Waals surface area contributed by atoms with Crippen molar-refractivity contribution >= 4 is 5.91 Å². The maximum atomic E-state index is 10.8. The number of hydrogen-bond acceptors (Lipinski definition) is 5. The van der Waals surface area contributed by atoms with Crippen molar-refractivity contribution in [1.29, 1.82) is 0 Å². The highest BCUT2D eigenvalue weighted by Gasteiger charge is 2.12. The molecule has 0 unspecified atom stereocenters. The third kappa shape index (κ3) is 2.41. The van der Waals surface area contributed by atoms with Crippen molar-refractivity contribution in [2.24, 2.45) is 5.73 Å². The topological polar surface area (TPSA) is 91.2 Å². The zero-order valence-corrected chi connectivity index (χ0v) is 9.21. The van der Waals surface area contributed by atoms with Crippen LogP contribution < -0.4 is 10.5 Å². The molecule has 1 heterocycles. The van der Waals surface area contributed by atoms with Crippen LogP contribution in [0.5, 0.6) is 5.75 Å². The molecule has 2 rings (SSSR count). The highest BCUT2D eigenvalue weighted by Crippen LogP contribution is 2.20. The van der Waals surface area contributed by atoms with Crippen molar-refractivity contribution in [2.45, 2.75) is 6.42 Å². The van der Waals surface area contributed by atoms with Crippen LogP contribution in [0.25, 0.3) is 0 Å². The lowest BCUT2D eigenvalue weighted by molar-refractivity contribution is 0.0965. The lowest BCUT2D eigenvalue weighted by Gasteiger charge is -2.04. The summed E-state index contributed by atoms with van der Waals surface area (Å²) < 4.78 is 10.3. The van der Waals surface area contributed by atoms with Gasteiger partial charge in [-0.3, -0.25) is 4.79 Å². The third-order valence-corrected chi connectivity index (χ3v) is 2.21. The summed E-state index contributed by atoms with van der Waals surface area (Å²) in [4.78, 5) is 10.8. The van der Waals surface area contributed by atoms with Crippen molar-refractivity contribution < 1.29 is 13.9 Å². The Kier molecular flexibility index (Phi) is 3.04. The van der Waals surface area contributed by atoms with E-state index in [1.54, 1.807) is 7.11 Å². The van der Waals surface area contributed by atoms with Gasteiger partial charge < -0.3 is 14.9 Å². The summed E-state index contributed by atoms with van der Waals surface area (Å²) in [7, 11) is 1.58. The maximum absolute atomic E-state index is 10.8. The zero-order chi connectivity index (χ0) is 12.3. The summed E-state index contributed by atoms with van der Waals surface area (Å²) in [5, 5.41) is 7.27. The molecule has 0 atom stereocenters. The van der Waals surface area contributed by atoms with E-state index in [-0.39, 0.29) is 5.89 Å². The van der Waals surface area contributed by atoms with Gasteiger partial charge in [-0.15, -0.1) is 10.2 Å². The molecular formula is C11H11N3O3. The molecule has 0 aliphatic carbocycles. The predicted octanol–water partition coefficient (Wildman–Crippen LogP) is 0.768. The molecule has 0 saturated heterocycles. The summed E-state index contributed by atoms with van der Waals surface area (Å²) in [6.45, 7) is 0. The number of para-hydroxylation sites is 1. The Morgan fingerprint density at radius 1 is 1.41 bits per heavy atom. The van der Waals surface area contributed by atoms with E-state index in [0.29, 0.717) is 12.3 Å². The van der Waals surface area contributed by atoms with E-state index in [1.165, 1.54) is 0 Å². The second kappa shape index (κ2) is 4.65. The summed E-state index contributed by atoms with van der Waals surface area (Å²) in [6, 6.07) is 7.46. The Morgan fingerprint density at radius 2 is 2.18 bits per heavy atom. The number of aromatic nitrogens is 2. The monoisotopic (exact) mass is 233 g/mol. The molecule has 0 bridgehead atoms. The number of carbonyl (C=O) groups is 1. The van der Waals surface area contributed by atoms with E-state index >= 15 is 0 Å². The number of methoxy groups -OCH3 is 1. The van der Waals surface area contributed by atoms with Gasteiger partial charge in [0, 0.05) is 5.56 Å². The molecule has 1 aromatic carbocycles.